The number of anilines is 1. The standard InChI is InChI=1S/C23H26FN5O2/c24-21-11-4-5-12-22(21)25-23(30)29-14-7-6-8-19(29)13-15-28-16-18(26-27-28)17-31-20-9-2-1-3-10-20/h1-5,9-12,16,19H,6-8,13-15,17H2,(H,25,30). The van der Waals surface area contributed by atoms with Crippen LogP contribution in [-0.2, 0) is 13.2 Å². The third-order valence-corrected chi connectivity index (χ3v) is 5.41. The second kappa shape index (κ2) is 10.1. The van der Waals surface area contributed by atoms with Crippen molar-refractivity contribution in [3.05, 3.63) is 72.3 Å². The molecule has 0 bridgehead atoms. The number of ether oxygens (including phenoxy) is 1. The predicted octanol–water partition coefficient (Wildman–Crippen LogP) is 4.47. The molecular formula is C23H26FN5O2. The average Bonchev–Trinajstić information content (AvgIpc) is 3.26. The van der Waals surface area contributed by atoms with E-state index in [1.807, 2.05) is 41.4 Å². The van der Waals surface area contributed by atoms with Gasteiger partial charge in [-0.3, -0.25) is 4.68 Å². The Morgan fingerprint density at radius 2 is 1.94 bits per heavy atom. The van der Waals surface area contributed by atoms with Gasteiger partial charge in [-0.25, -0.2) is 9.18 Å². The van der Waals surface area contributed by atoms with Crippen molar-refractivity contribution in [2.75, 3.05) is 11.9 Å². The van der Waals surface area contributed by atoms with Gasteiger partial charge in [-0.2, -0.15) is 0 Å². The molecule has 162 valence electrons. The van der Waals surface area contributed by atoms with Crippen molar-refractivity contribution in [1.82, 2.24) is 19.9 Å². The molecule has 0 aliphatic carbocycles. The number of para-hydroxylation sites is 2. The first-order valence-electron chi connectivity index (χ1n) is 10.6. The summed E-state index contributed by atoms with van der Waals surface area (Å²) in [7, 11) is 0. The van der Waals surface area contributed by atoms with E-state index < -0.39 is 5.82 Å². The van der Waals surface area contributed by atoms with Gasteiger partial charge in [0.15, 0.2) is 0 Å². The molecule has 1 fully saturated rings. The summed E-state index contributed by atoms with van der Waals surface area (Å²) in [6.07, 6.45) is 5.57. The largest absolute Gasteiger partial charge is 0.487 e. The highest BCUT2D eigenvalue weighted by Crippen LogP contribution is 2.22. The lowest BCUT2D eigenvalue weighted by Gasteiger charge is -2.35. The zero-order valence-electron chi connectivity index (χ0n) is 17.3. The average molecular weight is 423 g/mol. The third kappa shape index (κ3) is 5.59. The molecule has 1 aliphatic heterocycles. The summed E-state index contributed by atoms with van der Waals surface area (Å²) in [5.74, 6) is 0.355. The SMILES string of the molecule is O=C(Nc1ccccc1F)N1CCCCC1CCn1cc(COc2ccccc2)nn1. The van der Waals surface area contributed by atoms with E-state index in [0.29, 0.717) is 19.7 Å². The van der Waals surface area contributed by atoms with Gasteiger partial charge in [0.2, 0.25) is 0 Å². The molecule has 1 aromatic heterocycles. The highest BCUT2D eigenvalue weighted by Gasteiger charge is 2.27. The number of aryl methyl sites for hydroxylation is 1. The van der Waals surface area contributed by atoms with Gasteiger partial charge < -0.3 is 15.0 Å². The van der Waals surface area contributed by atoms with Crippen LogP contribution in [0.25, 0.3) is 0 Å². The Kier molecular flexibility index (Phi) is 6.76. The summed E-state index contributed by atoms with van der Waals surface area (Å²) < 4.78 is 21.4. The van der Waals surface area contributed by atoms with Crippen molar-refractivity contribution in [2.45, 2.75) is 44.9 Å². The fourth-order valence-corrected chi connectivity index (χ4v) is 3.79. The topological polar surface area (TPSA) is 72.3 Å². The molecule has 7 nitrogen and oxygen atoms in total. The highest BCUT2D eigenvalue weighted by atomic mass is 19.1. The Morgan fingerprint density at radius 1 is 1.13 bits per heavy atom. The van der Waals surface area contributed by atoms with Crippen LogP contribution in [0.4, 0.5) is 14.9 Å². The number of rotatable bonds is 7. The molecule has 31 heavy (non-hydrogen) atoms. The molecule has 4 rings (SSSR count). The smallest absolute Gasteiger partial charge is 0.322 e. The summed E-state index contributed by atoms with van der Waals surface area (Å²) in [6, 6.07) is 15.6. The lowest BCUT2D eigenvalue weighted by atomic mass is 10.00. The van der Waals surface area contributed by atoms with Crippen LogP contribution in [0.5, 0.6) is 5.75 Å². The normalized spacial score (nSPS) is 16.2. The molecule has 2 aromatic carbocycles. The summed E-state index contributed by atoms with van der Waals surface area (Å²) in [5, 5.41) is 11.1. The van der Waals surface area contributed by atoms with Crippen LogP contribution in [0.3, 0.4) is 0 Å². The van der Waals surface area contributed by atoms with E-state index in [9.17, 15) is 9.18 Å². The Bertz CT molecular complexity index is 994. The summed E-state index contributed by atoms with van der Waals surface area (Å²) in [4.78, 5) is 14.6. The Balaban J connectivity index is 1.31. The number of carbonyl (C=O) groups excluding carboxylic acids is 1. The number of nitrogens with zero attached hydrogens (tertiary/aromatic N) is 4. The molecule has 0 spiro atoms. The lowest BCUT2D eigenvalue weighted by Crippen LogP contribution is -2.46. The number of piperidine rings is 1. The quantitative estimate of drug-likeness (QED) is 0.608. The minimum Gasteiger partial charge on any atom is -0.487 e. The number of nitrogens with one attached hydrogen (secondary N) is 1. The number of urea groups is 1. The molecule has 2 amide bonds. The van der Waals surface area contributed by atoms with Crippen LogP contribution in [0, 0.1) is 5.82 Å². The number of aromatic nitrogens is 3. The van der Waals surface area contributed by atoms with Crippen LogP contribution in [0.1, 0.15) is 31.4 Å². The van der Waals surface area contributed by atoms with E-state index in [4.69, 9.17) is 4.74 Å². The number of halogens is 1. The van der Waals surface area contributed by atoms with Crippen molar-refractivity contribution in [3.63, 3.8) is 0 Å². The summed E-state index contributed by atoms with van der Waals surface area (Å²) in [5.41, 5.74) is 0.956. The zero-order valence-corrected chi connectivity index (χ0v) is 17.3. The molecule has 1 unspecified atom stereocenters. The lowest BCUT2D eigenvalue weighted by molar-refractivity contribution is 0.154. The van der Waals surface area contributed by atoms with Gasteiger partial charge in [-0.1, -0.05) is 35.5 Å². The maximum Gasteiger partial charge on any atom is 0.322 e. The molecule has 1 aliphatic rings. The molecule has 3 aromatic rings. The molecule has 8 heteroatoms. The monoisotopic (exact) mass is 423 g/mol. The van der Waals surface area contributed by atoms with E-state index >= 15 is 0 Å². The number of likely N-dealkylation sites (tertiary alicyclic amines) is 1. The first-order valence-corrected chi connectivity index (χ1v) is 10.6. The van der Waals surface area contributed by atoms with Gasteiger partial charge in [0.05, 0.1) is 11.9 Å². The fraction of sp³-hybridized carbons (Fsp3) is 0.348. The van der Waals surface area contributed by atoms with Crippen molar-refractivity contribution < 1.29 is 13.9 Å². The summed E-state index contributed by atoms with van der Waals surface area (Å²) in [6.45, 7) is 1.66. The minimum atomic E-state index is -0.433. The van der Waals surface area contributed by atoms with Crippen LogP contribution in [0.2, 0.25) is 0 Å². The van der Waals surface area contributed by atoms with Gasteiger partial charge >= 0.3 is 6.03 Å². The second-order valence-electron chi connectivity index (χ2n) is 7.62. The van der Waals surface area contributed by atoms with Crippen LogP contribution in [-0.4, -0.2) is 38.5 Å². The van der Waals surface area contributed by atoms with Gasteiger partial charge in [-0.15, -0.1) is 5.10 Å². The van der Waals surface area contributed by atoms with E-state index in [-0.39, 0.29) is 17.8 Å². The fourth-order valence-electron chi connectivity index (χ4n) is 3.79. The molecule has 0 saturated carbocycles. The first-order chi connectivity index (χ1) is 15.2. The van der Waals surface area contributed by atoms with Crippen molar-refractivity contribution in [3.8, 4) is 5.75 Å². The minimum absolute atomic E-state index is 0.0775. The van der Waals surface area contributed by atoms with Gasteiger partial charge in [0.1, 0.15) is 23.9 Å². The second-order valence-corrected chi connectivity index (χ2v) is 7.62. The Morgan fingerprint density at radius 3 is 2.77 bits per heavy atom. The van der Waals surface area contributed by atoms with Gasteiger partial charge in [0, 0.05) is 19.1 Å². The molecular weight excluding hydrogens is 397 g/mol. The molecule has 1 atom stereocenters. The van der Waals surface area contributed by atoms with Crippen LogP contribution in [0.15, 0.2) is 60.8 Å². The van der Waals surface area contributed by atoms with E-state index in [2.05, 4.69) is 15.6 Å². The maximum absolute atomic E-state index is 13.9. The van der Waals surface area contributed by atoms with Crippen molar-refractivity contribution in [2.24, 2.45) is 0 Å². The van der Waals surface area contributed by atoms with E-state index in [0.717, 1.165) is 37.1 Å². The molecule has 1 saturated heterocycles. The molecule has 2 heterocycles. The third-order valence-electron chi connectivity index (χ3n) is 5.41. The highest BCUT2D eigenvalue weighted by molar-refractivity contribution is 5.89. The van der Waals surface area contributed by atoms with Crippen molar-refractivity contribution >= 4 is 11.7 Å². The van der Waals surface area contributed by atoms with Crippen molar-refractivity contribution in [1.29, 1.82) is 0 Å². The van der Waals surface area contributed by atoms with Crippen LogP contribution >= 0.6 is 0 Å². The number of carbonyl (C=O) groups is 1. The predicted molar refractivity (Wildman–Crippen MR) is 115 cm³/mol. The Labute approximate surface area is 180 Å². The van der Waals surface area contributed by atoms with E-state index in [1.165, 1.54) is 6.07 Å². The first kappa shape index (κ1) is 20.8. The Hall–Kier alpha value is -3.42. The van der Waals surface area contributed by atoms with E-state index in [1.54, 1.807) is 22.9 Å². The number of amides is 2. The number of benzene rings is 2. The zero-order chi connectivity index (χ0) is 21.5. The number of hydrogen-bond acceptors (Lipinski definition) is 4. The number of hydrogen-bond donors (Lipinski definition) is 1. The maximum atomic E-state index is 13.9. The molecule has 1 N–H and O–H groups in total. The van der Waals surface area contributed by atoms with Gasteiger partial charge in [0.25, 0.3) is 0 Å². The molecule has 0 radical (unpaired) electrons. The summed E-state index contributed by atoms with van der Waals surface area (Å²) >= 11 is 0. The van der Waals surface area contributed by atoms with Gasteiger partial charge in [-0.05, 0) is 49.9 Å². The van der Waals surface area contributed by atoms with Crippen LogP contribution < -0.4 is 10.1 Å².